The lowest BCUT2D eigenvalue weighted by Gasteiger charge is -2.00. The Hall–Kier alpha value is -2.21. The van der Waals surface area contributed by atoms with Gasteiger partial charge in [0, 0.05) is 6.07 Å². The molecule has 1 rings (SSSR count). The van der Waals surface area contributed by atoms with Crippen LogP contribution in [-0.2, 0) is 16.1 Å². The third-order valence-electron chi connectivity index (χ3n) is 2.30. The molecule has 18 heavy (non-hydrogen) atoms. The summed E-state index contributed by atoms with van der Waals surface area (Å²) < 4.78 is 4.46. The third-order valence-corrected chi connectivity index (χ3v) is 2.30. The molecular weight excluding hydrogens is 238 g/mol. The quantitative estimate of drug-likeness (QED) is 0.488. The predicted octanol–water partition coefficient (Wildman–Crippen LogP) is 1.66. The topological polar surface area (TPSA) is 89.7 Å². The van der Waals surface area contributed by atoms with E-state index in [4.69, 9.17) is 5.11 Å². The van der Waals surface area contributed by atoms with Gasteiger partial charge in [0.05, 0.1) is 30.6 Å². The molecule has 0 amide bonds. The summed E-state index contributed by atoms with van der Waals surface area (Å²) in [5.74, 6) is -0.382. The van der Waals surface area contributed by atoms with Gasteiger partial charge in [0.15, 0.2) is 0 Å². The second kappa shape index (κ2) is 6.51. The Kier molecular flexibility index (Phi) is 5.01. The first-order valence-corrected chi connectivity index (χ1v) is 5.20. The van der Waals surface area contributed by atoms with E-state index < -0.39 is 4.92 Å². The van der Waals surface area contributed by atoms with Gasteiger partial charge in [0.1, 0.15) is 0 Å². The van der Waals surface area contributed by atoms with Crippen LogP contribution in [0.2, 0.25) is 0 Å². The van der Waals surface area contributed by atoms with Crippen molar-refractivity contribution in [3.8, 4) is 0 Å². The minimum absolute atomic E-state index is 0.103. The highest BCUT2D eigenvalue weighted by Gasteiger charge is 2.12. The number of hydrogen-bond acceptors (Lipinski definition) is 5. The lowest BCUT2D eigenvalue weighted by atomic mass is 10.1. The van der Waals surface area contributed by atoms with E-state index in [2.05, 4.69) is 4.74 Å². The molecule has 6 heteroatoms. The summed E-state index contributed by atoms with van der Waals surface area (Å²) >= 11 is 0. The number of esters is 1. The fraction of sp³-hybridized carbons (Fsp3) is 0.250. The fourth-order valence-corrected chi connectivity index (χ4v) is 1.36. The molecule has 6 nitrogen and oxygen atoms in total. The van der Waals surface area contributed by atoms with Gasteiger partial charge < -0.3 is 9.84 Å². The number of benzene rings is 1. The standard InChI is InChI=1S/C12H13NO5/c1-18-12(15)4-2-3-9-5-6-10(8-14)11(7-9)13(16)17/h2-3,5-7,14H,4,8H2,1H3. The summed E-state index contributed by atoms with van der Waals surface area (Å²) in [7, 11) is 1.29. The molecule has 1 aromatic carbocycles. The Labute approximate surface area is 104 Å². The highest BCUT2D eigenvalue weighted by molar-refractivity contribution is 5.72. The van der Waals surface area contributed by atoms with E-state index in [-0.39, 0.29) is 30.2 Å². The van der Waals surface area contributed by atoms with Crippen molar-refractivity contribution in [1.29, 1.82) is 0 Å². The van der Waals surface area contributed by atoms with Gasteiger partial charge in [-0.1, -0.05) is 18.2 Å². The van der Waals surface area contributed by atoms with Crippen LogP contribution in [0.1, 0.15) is 17.5 Å². The van der Waals surface area contributed by atoms with Crippen LogP contribution >= 0.6 is 0 Å². The van der Waals surface area contributed by atoms with Gasteiger partial charge in [-0.25, -0.2) is 0 Å². The lowest BCUT2D eigenvalue weighted by Crippen LogP contribution is -1.97. The lowest BCUT2D eigenvalue weighted by molar-refractivity contribution is -0.385. The molecule has 0 aromatic heterocycles. The number of hydrogen-bond donors (Lipinski definition) is 1. The number of carbonyl (C=O) groups excluding carboxylic acids is 1. The van der Waals surface area contributed by atoms with Crippen LogP contribution in [0.15, 0.2) is 24.3 Å². The van der Waals surface area contributed by atoms with Gasteiger partial charge in [-0.05, 0) is 11.6 Å². The van der Waals surface area contributed by atoms with Crippen molar-refractivity contribution >= 4 is 17.7 Å². The Balaban J connectivity index is 2.88. The molecule has 0 radical (unpaired) electrons. The summed E-state index contributed by atoms with van der Waals surface area (Å²) in [4.78, 5) is 21.1. The molecule has 0 saturated heterocycles. The molecule has 0 aliphatic rings. The predicted molar refractivity (Wildman–Crippen MR) is 64.7 cm³/mol. The van der Waals surface area contributed by atoms with Crippen LogP contribution in [-0.4, -0.2) is 23.1 Å². The van der Waals surface area contributed by atoms with Gasteiger partial charge in [0.2, 0.25) is 0 Å². The molecule has 0 aliphatic carbocycles. The number of nitrogens with zero attached hydrogens (tertiary/aromatic N) is 1. The van der Waals surface area contributed by atoms with Crippen molar-refractivity contribution < 1.29 is 19.6 Å². The normalized spacial score (nSPS) is 10.6. The maximum absolute atomic E-state index is 10.9. The van der Waals surface area contributed by atoms with Crippen LogP contribution in [0.5, 0.6) is 0 Å². The highest BCUT2D eigenvalue weighted by Crippen LogP contribution is 2.21. The maximum atomic E-state index is 10.9. The summed E-state index contributed by atoms with van der Waals surface area (Å²) in [6, 6.07) is 4.46. The van der Waals surface area contributed by atoms with Crippen LogP contribution in [0.3, 0.4) is 0 Å². The zero-order valence-corrected chi connectivity index (χ0v) is 9.83. The van der Waals surface area contributed by atoms with Crippen molar-refractivity contribution in [3.05, 3.63) is 45.5 Å². The molecule has 0 spiro atoms. The molecule has 96 valence electrons. The molecule has 0 bridgehead atoms. The number of carbonyl (C=O) groups is 1. The third kappa shape index (κ3) is 3.67. The zero-order chi connectivity index (χ0) is 13.5. The molecule has 1 N–H and O–H groups in total. The van der Waals surface area contributed by atoms with E-state index >= 15 is 0 Å². The van der Waals surface area contributed by atoms with Gasteiger partial charge in [0.25, 0.3) is 5.69 Å². The minimum Gasteiger partial charge on any atom is -0.469 e. The number of nitro benzene ring substituents is 1. The SMILES string of the molecule is COC(=O)CC=Cc1ccc(CO)c([N+](=O)[O-])c1. The number of aliphatic hydroxyl groups excluding tert-OH is 1. The number of aliphatic hydroxyl groups is 1. The van der Waals surface area contributed by atoms with Gasteiger partial charge in [-0.2, -0.15) is 0 Å². The van der Waals surface area contributed by atoms with E-state index in [0.717, 1.165) is 0 Å². The Morgan fingerprint density at radius 2 is 2.28 bits per heavy atom. The molecule has 0 heterocycles. The summed E-state index contributed by atoms with van der Waals surface area (Å²) in [5.41, 5.74) is 0.700. The van der Waals surface area contributed by atoms with Crippen molar-refractivity contribution in [2.75, 3.05) is 7.11 Å². The highest BCUT2D eigenvalue weighted by atomic mass is 16.6. The van der Waals surface area contributed by atoms with Gasteiger partial charge >= 0.3 is 5.97 Å². The Morgan fingerprint density at radius 1 is 1.56 bits per heavy atom. The number of nitro groups is 1. The van der Waals surface area contributed by atoms with Crippen LogP contribution in [0.4, 0.5) is 5.69 Å². The molecule has 0 aliphatic heterocycles. The van der Waals surface area contributed by atoms with Gasteiger partial charge in [-0.3, -0.25) is 14.9 Å². The Bertz CT molecular complexity index is 481. The monoisotopic (exact) mass is 251 g/mol. The van der Waals surface area contributed by atoms with Crippen molar-refractivity contribution in [1.82, 2.24) is 0 Å². The molecule has 0 atom stereocenters. The first-order chi connectivity index (χ1) is 8.58. The average Bonchev–Trinajstić information content (AvgIpc) is 2.38. The summed E-state index contributed by atoms with van der Waals surface area (Å²) in [5, 5.41) is 19.7. The average molecular weight is 251 g/mol. The van der Waals surface area contributed by atoms with E-state index in [9.17, 15) is 14.9 Å². The molecule has 0 unspecified atom stereocenters. The summed E-state index contributed by atoms with van der Waals surface area (Å²) in [6.45, 7) is -0.386. The van der Waals surface area contributed by atoms with Crippen molar-refractivity contribution in [2.24, 2.45) is 0 Å². The maximum Gasteiger partial charge on any atom is 0.309 e. The number of rotatable bonds is 5. The van der Waals surface area contributed by atoms with Crippen LogP contribution < -0.4 is 0 Å². The van der Waals surface area contributed by atoms with E-state index in [1.807, 2.05) is 0 Å². The minimum atomic E-state index is -0.552. The molecule has 1 aromatic rings. The second-order valence-corrected chi connectivity index (χ2v) is 3.49. The summed E-state index contributed by atoms with van der Waals surface area (Å²) in [6.07, 6.45) is 3.25. The van der Waals surface area contributed by atoms with Crippen LogP contribution in [0, 0.1) is 10.1 Å². The van der Waals surface area contributed by atoms with Crippen LogP contribution in [0.25, 0.3) is 6.08 Å². The Morgan fingerprint density at radius 3 is 2.83 bits per heavy atom. The smallest absolute Gasteiger partial charge is 0.309 e. The van der Waals surface area contributed by atoms with E-state index in [1.54, 1.807) is 18.2 Å². The second-order valence-electron chi connectivity index (χ2n) is 3.49. The van der Waals surface area contributed by atoms with Crippen molar-refractivity contribution in [3.63, 3.8) is 0 Å². The van der Waals surface area contributed by atoms with E-state index in [1.165, 1.54) is 19.2 Å². The fourth-order valence-electron chi connectivity index (χ4n) is 1.36. The molecule has 0 saturated carbocycles. The van der Waals surface area contributed by atoms with E-state index in [0.29, 0.717) is 5.56 Å². The van der Waals surface area contributed by atoms with Crippen molar-refractivity contribution in [2.45, 2.75) is 13.0 Å². The number of ether oxygens (including phenoxy) is 1. The molecule has 0 fully saturated rings. The first-order valence-electron chi connectivity index (χ1n) is 5.20. The largest absolute Gasteiger partial charge is 0.469 e. The van der Waals surface area contributed by atoms with Gasteiger partial charge in [-0.15, -0.1) is 0 Å². The first kappa shape index (κ1) is 13.9. The zero-order valence-electron chi connectivity index (χ0n) is 9.83. The number of methoxy groups -OCH3 is 1. The molecular formula is C12H13NO5.